The van der Waals surface area contributed by atoms with Crippen molar-refractivity contribution in [1.29, 1.82) is 0 Å². The number of ether oxygens (including phenoxy) is 1. The maximum atomic E-state index is 13.1. The van der Waals surface area contributed by atoms with E-state index in [4.69, 9.17) is 4.74 Å². The summed E-state index contributed by atoms with van der Waals surface area (Å²) in [6, 6.07) is 10.3. The predicted octanol–water partition coefficient (Wildman–Crippen LogP) is 2.08. The molecule has 1 unspecified atom stereocenters. The molecule has 29 heavy (non-hydrogen) atoms. The Bertz CT molecular complexity index is 1030. The molecular formula is C21H18FN3O4. The number of rotatable bonds is 5. The fourth-order valence-corrected chi connectivity index (χ4v) is 3.50. The van der Waals surface area contributed by atoms with Crippen LogP contribution in [-0.4, -0.2) is 41.9 Å². The van der Waals surface area contributed by atoms with Gasteiger partial charge in [0.2, 0.25) is 0 Å². The molecule has 0 radical (unpaired) electrons. The van der Waals surface area contributed by atoms with Crippen molar-refractivity contribution in [2.75, 3.05) is 13.7 Å². The first kappa shape index (κ1) is 18.7. The highest BCUT2D eigenvalue weighted by Gasteiger charge is 2.47. The van der Waals surface area contributed by atoms with Crippen molar-refractivity contribution >= 4 is 23.9 Å². The second-order valence-corrected chi connectivity index (χ2v) is 6.95. The molecule has 8 heteroatoms. The number of fused-ring (bicyclic) bond motifs is 1. The fourth-order valence-electron chi connectivity index (χ4n) is 3.50. The molecule has 7 nitrogen and oxygen atoms in total. The third-order valence-electron chi connectivity index (χ3n) is 5.04. The quantitative estimate of drug-likeness (QED) is 0.759. The second kappa shape index (κ2) is 7.05. The van der Waals surface area contributed by atoms with Crippen molar-refractivity contribution in [3.8, 4) is 5.75 Å². The number of hydrogen-bond acceptors (Lipinski definition) is 4. The molecule has 0 aliphatic carbocycles. The topological polar surface area (TPSA) is 87.7 Å². The maximum absolute atomic E-state index is 13.1. The number of halogens is 1. The summed E-state index contributed by atoms with van der Waals surface area (Å²) in [6.07, 6.45) is 3.14. The molecule has 148 valence electrons. The zero-order valence-corrected chi connectivity index (χ0v) is 15.6. The first-order chi connectivity index (χ1) is 13.9. The summed E-state index contributed by atoms with van der Waals surface area (Å²) in [7, 11) is 1.52. The van der Waals surface area contributed by atoms with Gasteiger partial charge < -0.3 is 15.0 Å². The molecule has 0 aromatic heterocycles. The highest BCUT2D eigenvalue weighted by molar-refractivity contribution is 6.09. The molecular weight excluding hydrogens is 377 g/mol. The van der Waals surface area contributed by atoms with E-state index in [0.717, 1.165) is 5.56 Å². The molecule has 0 bridgehead atoms. The third kappa shape index (κ3) is 3.44. The van der Waals surface area contributed by atoms with Gasteiger partial charge >= 0.3 is 6.03 Å². The van der Waals surface area contributed by atoms with Gasteiger partial charge in [0, 0.05) is 12.1 Å². The normalized spacial score (nSPS) is 20.8. The van der Waals surface area contributed by atoms with Crippen molar-refractivity contribution in [1.82, 2.24) is 15.5 Å². The van der Waals surface area contributed by atoms with Crippen LogP contribution in [0.25, 0.3) is 6.08 Å². The van der Waals surface area contributed by atoms with Crippen molar-refractivity contribution in [2.24, 2.45) is 0 Å². The van der Waals surface area contributed by atoms with Crippen LogP contribution in [0.15, 0.2) is 48.5 Å². The summed E-state index contributed by atoms with van der Waals surface area (Å²) in [5, 5.41) is 4.84. The van der Waals surface area contributed by atoms with Gasteiger partial charge in [-0.25, -0.2) is 9.18 Å². The van der Waals surface area contributed by atoms with Gasteiger partial charge in [-0.2, -0.15) is 0 Å². The van der Waals surface area contributed by atoms with E-state index < -0.39 is 17.5 Å². The smallest absolute Gasteiger partial charge is 0.322 e. The first-order valence-electron chi connectivity index (χ1n) is 8.95. The zero-order valence-electron chi connectivity index (χ0n) is 15.6. The number of imide groups is 1. The highest BCUT2D eigenvalue weighted by Crippen LogP contribution is 2.29. The highest BCUT2D eigenvalue weighted by atomic mass is 19.1. The minimum Gasteiger partial charge on any atom is -0.497 e. The van der Waals surface area contributed by atoms with E-state index in [1.54, 1.807) is 36.4 Å². The molecule has 0 saturated carbocycles. The summed E-state index contributed by atoms with van der Waals surface area (Å²) in [5.74, 6) is -0.610. The van der Waals surface area contributed by atoms with Crippen molar-refractivity contribution in [3.05, 3.63) is 71.0 Å². The molecule has 0 spiro atoms. The number of urea groups is 1. The largest absolute Gasteiger partial charge is 0.497 e. The minimum absolute atomic E-state index is 0.0436. The number of amides is 4. The van der Waals surface area contributed by atoms with Gasteiger partial charge in [0.15, 0.2) is 5.54 Å². The van der Waals surface area contributed by atoms with Crippen LogP contribution in [0.1, 0.15) is 21.5 Å². The minimum atomic E-state index is -1.42. The van der Waals surface area contributed by atoms with Gasteiger partial charge in [0.1, 0.15) is 11.6 Å². The molecule has 4 amide bonds. The van der Waals surface area contributed by atoms with E-state index in [0.29, 0.717) is 23.4 Å². The summed E-state index contributed by atoms with van der Waals surface area (Å²) in [5.41, 5.74) is 0.554. The van der Waals surface area contributed by atoms with Crippen LogP contribution >= 0.6 is 0 Å². The van der Waals surface area contributed by atoms with Crippen molar-refractivity contribution in [2.45, 2.75) is 12.1 Å². The van der Waals surface area contributed by atoms with Gasteiger partial charge in [-0.1, -0.05) is 24.3 Å². The molecule has 4 rings (SSSR count). The van der Waals surface area contributed by atoms with Gasteiger partial charge in [-0.15, -0.1) is 0 Å². The lowest BCUT2D eigenvalue weighted by Gasteiger charge is -2.28. The monoisotopic (exact) mass is 395 g/mol. The molecule has 1 atom stereocenters. The van der Waals surface area contributed by atoms with Crippen molar-refractivity contribution < 1.29 is 23.5 Å². The van der Waals surface area contributed by atoms with Crippen LogP contribution in [0, 0.1) is 5.82 Å². The number of nitrogens with zero attached hydrogens (tertiary/aromatic N) is 1. The molecule has 2 aliphatic heterocycles. The van der Waals surface area contributed by atoms with Crippen LogP contribution in [0.5, 0.6) is 5.75 Å². The Morgan fingerprint density at radius 2 is 1.93 bits per heavy atom. The summed E-state index contributed by atoms with van der Waals surface area (Å²) >= 11 is 0. The summed E-state index contributed by atoms with van der Waals surface area (Å²) in [6.45, 7) is 0.269. The van der Waals surface area contributed by atoms with Gasteiger partial charge in [0.25, 0.3) is 11.8 Å². The zero-order chi connectivity index (χ0) is 20.6. The molecule has 1 fully saturated rings. The van der Waals surface area contributed by atoms with Crippen LogP contribution < -0.4 is 15.4 Å². The van der Waals surface area contributed by atoms with Crippen LogP contribution in [0.2, 0.25) is 0 Å². The molecule has 2 aromatic rings. The van der Waals surface area contributed by atoms with Gasteiger partial charge in [-0.05, 0) is 41.5 Å². The van der Waals surface area contributed by atoms with E-state index in [1.165, 1.54) is 30.2 Å². The summed E-state index contributed by atoms with van der Waals surface area (Å²) < 4.78 is 18.3. The Kier molecular flexibility index (Phi) is 4.54. The lowest BCUT2D eigenvalue weighted by atomic mass is 9.97. The van der Waals surface area contributed by atoms with E-state index >= 15 is 0 Å². The predicted molar refractivity (Wildman–Crippen MR) is 103 cm³/mol. The number of nitrogens with one attached hydrogen (secondary N) is 2. The Morgan fingerprint density at radius 3 is 2.59 bits per heavy atom. The molecule has 2 N–H and O–H groups in total. The lowest BCUT2D eigenvalue weighted by molar-refractivity contribution is -0.122. The standard InChI is InChI=1S/C21H18FN3O4/c1-29-16-7-4-14-11-25(18(26)17(14)10-16)12-21(19(27)23-20(28)24-21)9-8-13-2-5-15(22)6-3-13/h2-10H,11-12H2,1H3,(H2,23,24,27,28)/b9-8+. The second-order valence-electron chi connectivity index (χ2n) is 6.95. The maximum Gasteiger partial charge on any atom is 0.322 e. The molecule has 2 aliphatic rings. The SMILES string of the molecule is COc1ccc2c(c1)C(=O)N(CC1(/C=C/c3ccc(F)cc3)NC(=O)NC1=O)C2. The molecule has 2 heterocycles. The Hall–Kier alpha value is -3.68. The van der Waals surface area contributed by atoms with E-state index in [2.05, 4.69) is 10.6 Å². The molecule has 2 aromatic carbocycles. The number of benzene rings is 2. The Balaban J connectivity index is 1.62. The average Bonchev–Trinajstić information content (AvgIpc) is 3.16. The third-order valence-corrected chi connectivity index (χ3v) is 5.04. The van der Waals surface area contributed by atoms with E-state index in [1.807, 2.05) is 0 Å². The van der Waals surface area contributed by atoms with Gasteiger partial charge in [-0.3, -0.25) is 14.9 Å². The Morgan fingerprint density at radius 1 is 1.17 bits per heavy atom. The van der Waals surface area contributed by atoms with E-state index in [-0.39, 0.29) is 18.3 Å². The van der Waals surface area contributed by atoms with Crippen molar-refractivity contribution in [3.63, 3.8) is 0 Å². The Labute approximate surface area is 166 Å². The molecule has 1 saturated heterocycles. The fraction of sp³-hybridized carbons (Fsp3) is 0.190. The number of carbonyl (C=O) groups is 3. The number of carbonyl (C=O) groups excluding carboxylic acids is 3. The average molecular weight is 395 g/mol. The first-order valence-corrected chi connectivity index (χ1v) is 8.95. The van der Waals surface area contributed by atoms with Crippen LogP contribution in [-0.2, 0) is 11.3 Å². The van der Waals surface area contributed by atoms with E-state index in [9.17, 15) is 18.8 Å². The number of methoxy groups -OCH3 is 1. The lowest BCUT2D eigenvalue weighted by Crippen LogP contribution is -2.53. The van der Waals surface area contributed by atoms with Crippen LogP contribution in [0.3, 0.4) is 0 Å². The van der Waals surface area contributed by atoms with Gasteiger partial charge in [0.05, 0.1) is 13.7 Å². The van der Waals surface area contributed by atoms with Crippen LogP contribution in [0.4, 0.5) is 9.18 Å². The summed E-state index contributed by atoms with van der Waals surface area (Å²) in [4.78, 5) is 38.8. The number of hydrogen-bond donors (Lipinski definition) is 2.